The summed E-state index contributed by atoms with van der Waals surface area (Å²) in [6.45, 7) is 5.19. The van der Waals surface area contributed by atoms with E-state index in [1.807, 2.05) is 42.6 Å². The number of hydrogen-bond donors (Lipinski definition) is 0. The molecular formula is C19H21NO3S. The molecule has 1 aliphatic rings. The summed E-state index contributed by atoms with van der Waals surface area (Å²) in [4.78, 5) is 27.1. The van der Waals surface area contributed by atoms with Crippen molar-refractivity contribution in [2.45, 2.75) is 32.8 Å². The second kappa shape index (κ2) is 7.18. The van der Waals surface area contributed by atoms with Crippen molar-refractivity contribution in [2.24, 2.45) is 0 Å². The molecule has 5 heteroatoms. The maximum atomic E-state index is 12.5. The molecule has 0 bridgehead atoms. The number of carbonyl (C=O) groups is 2. The molecule has 1 atom stereocenters. The molecule has 0 radical (unpaired) electrons. The fourth-order valence-corrected chi connectivity index (χ4v) is 3.68. The quantitative estimate of drug-likeness (QED) is 0.791. The van der Waals surface area contributed by atoms with Gasteiger partial charge in [0.25, 0.3) is 5.91 Å². The van der Waals surface area contributed by atoms with Crippen molar-refractivity contribution in [3.05, 3.63) is 46.2 Å². The number of esters is 1. The number of amides is 1. The molecule has 1 unspecified atom stereocenters. The second-order valence-corrected chi connectivity index (χ2v) is 7.03. The Morgan fingerprint density at radius 2 is 1.79 bits per heavy atom. The van der Waals surface area contributed by atoms with Crippen LogP contribution in [0.5, 0.6) is 0 Å². The molecule has 24 heavy (non-hydrogen) atoms. The van der Waals surface area contributed by atoms with E-state index in [0.717, 1.165) is 37.1 Å². The molecule has 0 saturated carbocycles. The van der Waals surface area contributed by atoms with Crippen molar-refractivity contribution in [3.8, 4) is 11.1 Å². The van der Waals surface area contributed by atoms with E-state index in [2.05, 4.69) is 0 Å². The van der Waals surface area contributed by atoms with E-state index < -0.39 is 12.1 Å². The number of rotatable bonds is 4. The van der Waals surface area contributed by atoms with E-state index >= 15 is 0 Å². The normalized spacial score (nSPS) is 15.3. The maximum Gasteiger partial charge on any atom is 0.349 e. The van der Waals surface area contributed by atoms with Crippen molar-refractivity contribution in [2.75, 3.05) is 13.1 Å². The molecule has 4 nitrogen and oxygen atoms in total. The molecule has 126 valence electrons. The number of likely N-dealkylation sites (tertiary alicyclic amines) is 1. The van der Waals surface area contributed by atoms with Gasteiger partial charge in [0.2, 0.25) is 0 Å². The first-order valence-corrected chi connectivity index (χ1v) is 9.08. The Morgan fingerprint density at radius 1 is 1.12 bits per heavy atom. The predicted octanol–water partition coefficient (Wildman–Crippen LogP) is 3.89. The minimum absolute atomic E-state index is 0.103. The van der Waals surface area contributed by atoms with Gasteiger partial charge in [-0.15, -0.1) is 11.3 Å². The minimum Gasteiger partial charge on any atom is -0.448 e. The van der Waals surface area contributed by atoms with Crippen LogP contribution in [0.3, 0.4) is 0 Å². The van der Waals surface area contributed by atoms with Crippen LogP contribution >= 0.6 is 11.3 Å². The first kappa shape index (κ1) is 16.7. The summed E-state index contributed by atoms with van der Waals surface area (Å²) >= 11 is 1.34. The molecule has 1 saturated heterocycles. The molecule has 1 amide bonds. The van der Waals surface area contributed by atoms with Crippen molar-refractivity contribution in [1.29, 1.82) is 0 Å². The van der Waals surface area contributed by atoms with E-state index in [9.17, 15) is 9.59 Å². The largest absolute Gasteiger partial charge is 0.448 e. The van der Waals surface area contributed by atoms with Gasteiger partial charge >= 0.3 is 5.97 Å². The molecule has 1 aromatic heterocycles. The number of aryl methyl sites for hydroxylation is 1. The van der Waals surface area contributed by atoms with Gasteiger partial charge in [0.1, 0.15) is 4.88 Å². The van der Waals surface area contributed by atoms with Crippen LogP contribution < -0.4 is 0 Å². The van der Waals surface area contributed by atoms with Gasteiger partial charge in [-0.25, -0.2) is 4.79 Å². The highest BCUT2D eigenvalue weighted by molar-refractivity contribution is 7.12. The van der Waals surface area contributed by atoms with Gasteiger partial charge < -0.3 is 9.64 Å². The first-order chi connectivity index (χ1) is 11.6. The van der Waals surface area contributed by atoms with Crippen molar-refractivity contribution in [1.82, 2.24) is 4.90 Å². The molecule has 2 heterocycles. The predicted molar refractivity (Wildman–Crippen MR) is 95.2 cm³/mol. The Kier molecular flexibility index (Phi) is 5.00. The van der Waals surface area contributed by atoms with Crippen molar-refractivity contribution < 1.29 is 14.3 Å². The smallest absolute Gasteiger partial charge is 0.349 e. The Hall–Kier alpha value is -2.14. The molecular weight excluding hydrogens is 322 g/mol. The third-order valence-electron chi connectivity index (χ3n) is 4.26. The third kappa shape index (κ3) is 3.51. The van der Waals surface area contributed by atoms with Crippen molar-refractivity contribution in [3.63, 3.8) is 0 Å². The summed E-state index contributed by atoms with van der Waals surface area (Å²) < 4.78 is 5.44. The zero-order chi connectivity index (χ0) is 17.1. The van der Waals surface area contributed by atoms with Crippen LogP contribution in [0, 0.1) is 6.92 Å². The Balaban J connectivity index is 1.72. The topological polar surface area (TPSA) is 46.6 Å². The van der Waals surface area contributed by atoms with Crippen LogP contribution in [0.25, 0.3) is 11.1 Å². The molecule has 1 aromatic carbocycles. The lowest BCUT2D eigenvalue weighted by Crippen LogP contribution is -2.38. The summed E-state index contributed by atoms with van der Waals surface area (Å²) in [6.07, 6.45) is 1.30. The highest BCUT2D eigenvalue weighted by atomic mass is 32.1. The van der Waals surface area contributed by atoms with E-state index in [1.165, 1.54) is 16.9 Å². The summed E-state index contributed by atoms with van der Waals surface area (Å²) in [5.41, 5.74) is 3.00. The van der Waals surface area contributed by atoms with Crippen LogP contribution in [0.2, 0.25) is 0 Å². The molecule has 3 rings (SSSR count). The van der Waals surface area contributed by atoms with Gasteiger partial charge in [-0.1, -0.05) is 29.8 Å². The number of hydrogen-bond acceptors (Lipinski definition) is 4. The van der Waals surface area contributed by atoms with E-state index in [-0.39, 0.29) is 5.91 Å². The Labute approximate surface area is 146 Å². The van der Waals surface area contributed by atoms with Gasteiger partial charge in [0.15, 0.2) is 6.10 Å². The molecule has 0 spiro atoms. The van der Waals surface area contributed by atoms with E-state index in [1.54, 1.807) is 11.8 Å². The molecule has 1 fully saturated rings. The van der Waals surface area contributed by atoms with Gasteiger partial charge in [0.05, 0.1) is 0 Å². The van der Waals surface area contributed by atoms with Crippen LogP contribution in [0.4, 0.5) is 0 Å². The van der Waals surface area contributed by atoms with Crippen LogP contribution in [0.15, 0.2) is 35.7 Å². The Bertz CT molecular complexity index is 729. The van der Waals surface area contributed by atoms with Crippen LogP contribution in [0.1, 0.15) is 35.0 Å². The number of nitrogens with zero attached hydrogens (tertiary/aromatic N) is 1. The summed E-state index contributed by atoms with van der Waals surface area (Å²) in [5.74, 6) is -0.532. The number of ether oxygens (including phenoxy) is 1. The lowest BCUT2D eigenvalue weighted by atomic mass is 10.1. The SMILES string of the molecule is Cc1ccc(-c2ccsc2C(=O)OC(C)C(=O)N2CCCC2)cc1. The maximum absolute atomic E-state index is 12.5. The standard InChI is InChI=1S/C19H21NO3S/c1-13-5-7-15(8-6-13)16-9-12-24-17(16)19(22)23-14(2)18(21)20-10-3-4-11-20/h5-9,12,14H,3-4,10-11H2,1-2H3. The number of carbonyl (C=O) groups excluding carboxylic acids is 2. The van der Waals surface area contributed by atoms with Crippen LogP contribution in [-0.4, -0.2) is 36.0 Å². The third-order valence-corrected chi connectivity index (χ3v) is 5.16. The molecule has 0 N–H and O–H groups in total. The summed E-state index contributed by atoms with van der Waals surface area (Å²) in [5, 5.41) is 1.87. The lowest BCUT2D eigenvalue weighted by Gasteiger charge is -2.20. The van der Waals surface area contributed by atoms with Gasteiger partial charge in [-0.05, 0) is 43.7 Å². The first-order valence-electron chi connectivity index (χ1n) is 8.20. The fraction of sp³-hybridized carbons (Fsp3) is 0.368. The van der Waals surface area contributed by atoms with E-state index in [0.29, 0.717) is 4.88 Å². The highest BCUT2D eigenvalue weighted by Gasteiger charge is 2.27. The van der Waals surface area contributed by atoms with Gasteiger partial charge in [-0.3, -0.25) is 4.79 Å². The van der Waals surface area contributed by atoms with Gasteiger partial charge in [-0.2, -0.15) is 0 Å². The average molecular weight is 343 g/mol. The minimum atomic E-state index is -0.747. The number of benzene rings is 1. The highest BCUT2D eigenvalue weighted by Crippen LogP contribution is 2.29. The summed E-state index contributed by atoms with van der Waals surface area (Å²) in [6, 6.07) is 9.93. The Morgan fingerprint density at radius 3 is 2.46 bits per heavy atom. The summed E-state index contributed by atoms with van der Waals surface area (Å²) in [7, 11) is 0. The van der Waals surface area contributed by atoms with Crippen LogP contribution in [-0.2, 0) is 9.53 Å². The second-order valence-electron chi connectivity index (χ2n) is 6.11. The fourth-order valence-electron chi connectivity index (χ4n) is 2.89. The zero-order valence-electron chi connectivity index (χ0n) is 14.0. The lowest BCUT2D eigenvalue weighted by molar-refractivity contribution is -0.138. The zero-order valence-corrected chi connectivity index (χ0v) is 14.8. The number of thiophene rings is 1. The monoisotopic (exact) mass is 343 g/mol. The van der Waals surface area contributed by atoms with Crippen molar-refractivity contribution >= 4 is 23.2 Å². The average Bonchev–Trinajstić information content (AvgIpc) is 3.26. The molecule has 1 aliphatic heterocycles. The van der Waals surface area contributed by atoms with Gasteiger partial charge in [0, 0.05) is 18.7 Å². The molecule has 0 aliphatic carbocycles. The molecule has 2 aromatic rings. The van der Waals surface area contributed by atoms with E-state index in [4.69, 9.17) is 4.74 Å².